The number of rotatable bonds is 5. The summed E-state index contributed by atoms with van der Waals surface area (Å²) in [4.78, 5) is 10.7. The molecule has 0 N–H and O–H groups in total. The molecule has 0 atom stereocenters. The van der Waals surface area contributed by atoms with E-state index in [-0.39, 0.29) is 0 Å². The molecule has 0 unspecified atom stereocenters. The third kappa shape index (κ3) is 2.49. The lowest BCUT2D eigenvalue weighted by molar-refractivity contribution is 0.111. The largest absolute Gasteiger partial charge is 0.494 e. The van der Waals surface area contributed by atoms with Crippen LogP contribution in [0, 0.1) is 0 Å². The van der Waals surface area contributed by atoms with Gasteiger partial charge < -0.3 is 9.47 Å². The van der Waals surface area contributed by atoms with E-state index in [4.69, 9.17) is 9.47 Å². The van der Waals surface area contributed by atoms with Gasteiger partial charge in [-0.1, -0.05) is 0 Å². The Hall–Kier alpha value is -1.51. The first-order valence-corrected chi connectivity index (χ1v) is 4.66. The Balaban J connectivity index is 2.92. The minimum Gasteiger partial charge on any atom is -0.494 e. The standard InChI is InChI=1S/C11H14O3/c1-3-13-10-5-6-11(14-4-2)9(7-10)8-12/h5-8H,3-4H2,1-2H3. The molecule has 0 amide bonds. The second kappa shape index (κ2) is 5.27. The van der Waals surface area contributed by atoms with Gasteiger partial charge in [-0.05, 0) is 32.0 Å². The molecule has 0 fully saturated rings. The van der Waals surface area contributed by atoms with E-state index in [9.17, 15) is 4.79 Å². The van der Waals surface area contributed by atoms with E-state index >= 15 is 0 Å². The van der Waals surface area contributed by atoms with E-state index in [0.717, 1.165) is 6.29 Å². The number of carbonyl (C=O) groups excluding carboxylic acids is 1. The van der Waals surface area contributed by atoms with Gasteiger partial charge in [0.25, 0.3) is 0 Å². The quantitative estimate of drug-likeness (QED) is 0.675. The molecule has 0 bridgehead atoms. The van der Waals surface area contributed by atoms with Gasteiger partial charge in [0, 0.05) is 0 Å². The van der Waals surface area contributed by atoms with E-state index in [1.807, 2.05) is 13.8 Å². The van der Waals surface area contributed by atoms with Gasteiger partial charge in [-0.2, -0.15) is 0 Å². The highest BCUT2D eigenvalue weighted by molar-refractivity contribution is 5.80. The van der Waals surface area contributed by atoms with Crippen LogP contribution in [0.15, 0.2) is 18.2 Å². The summed E-state index contributed by atoms with van der Waals surface area (Å²) < 4.78 is 10.5. The van der Waals surface area contributed by atoms with Crippen molar-refractivity contribution in [2.45, 2.75) is 13.8 Å². The smallest absolute Gasteiger partial charge is 0.153 e. The minimum atomic E-state index is 0.526. The van der Waals surface area contributed by atoms with Crippen LogP contribution < -0.4 is 9.47 Å². The summed E-state index contributed by atoms with van der Waals surface area (Å²) >= 11 is 0. The molecule has 0 aliphatic heterocycles. The molecule has 1 aromatic rings. The second-order valence-electron chi connectivity index (χ2n) is 2.68. The molecule has 0 radical (unpaired) electrons. The van der Waals surface area contributed by atoms with Gasteiger partial charge in [-0.3, -0.25) is 4.79 Å². The third-order valence-electron chi connectivity index (χ3n) is 1.72. The molecule has 76 valence electrons. The summed E-state index contributed by atoms with van der Waals surface area (Å²) in [6, 6.07) is 5.22. The average molecular weight is 194 g/mol. The minimum absolute atomic E-state index is 0.526. The highest BCUT2D eigenvalue weighted by atomic mass is 16.5. The van der Waals surface area contributed by atoms with Crippen molar-refractivity contribution in [3.63, 3.8) is 0 Å². The highest BCUT2D eigenvalue weighted by Gasteiger charge is 2.03. The van der Waals surface area contributed by atoms with E-state index < -0.39 is 0 Å². The SMILES string of the molecule is CCOc1ccc(OCC)c(C=O)c1. The third-order valence-corrected chi connectivity index (χ3v) is 1.72. The Morgan fingerprint density at radius 3 is 2.50 bits per heavy atom. The zero-order valence-electron chi connectivity index (χ0n) is 8.45. The van der Waals surface area contributed by atoms with Crippen LogP contribution in [0.25, 0.3) is 0 Å². The molecule has 0 spiro atoms. The van der Waals surface area contributed by atoms with Gasteiger partial charge in [0.15, 0.2) is 6.29 Å². The lowest BCUT2D eigenvalue weighted by atomic mass is 10.2. The number of hydrogen-bond acceptors (Lipinski definition) is 3. The molecule has 0 saturated carbocycles. The highest BCUT2D eigenvalue weighted by Crippen LogP contribution is 2.22. The molecule has 3 heteroatoms. The van der Waals surface area contributed by atoms with Crippen LogP contribution in [0.5, 0.6) is 11.5 Å². The predicted octanol–water partition coefficient (Wildman–Crippen LogP) is 2.30. The van der Waals surface area contributed by atoms with E-state index in [2.05, 4.69) is 0 Å². The van der Waals surface area contributed by atoms with Crippen molar-refractivity contribution < 1.29 is 14.3 Å². The summed E-state index contributed by atoms with van der Waals surface area (Å²) in [5, 5.41) is 0. The molecule has 1 aromatic carbocycles. The van der Waals surface area contributed by atoms with Crippen molar-refractivity contribution in [2.75, 3.05) is 13.2 Å². The lowest BCUT2D eigenvalue weighted by Gasteiger charge is -2.08. The molecule has 0 aliphatic carbocycles. The van der Waals surface area contributed by atoms with Crippen LogP contribution in [0.1, 0.15) is 24.2 Å². The van der Waals surface area contributed by atoms with Gasteiger partial charge >= 0.3 is 0 Å². The maximum Gasteiger partial charge on any atom is 0.153 e. The summed E-state index contributed by atoms with van der Waals surface area (Å²) in [5.41, 5.74) is 0.526. The Bertz CT molecular complexity index is 307. The van der Waals surface area contributed by atoms with Crippen LogP contribution in [0.2, 0.25) is 0 Å². The molecule has 3 nitrogen and oxygen atoms in total. The second-order valence-corrected chi connectivity index (χ2v) is 2.68. The lowest BCUT2D eigenvalue weighted by Crippen LogP contribution is -1.97. The molecule has 1 rings (SSSR count). The molecule has 0 saturated heterocycles. The number of hydrogen-bond donors (Lipinski definition) is 0. The van der Waals surface area contributed by atoms with Crippen LogP contribution >= 0.6 is 0 Å². The Kier molecular flexibility index (Phi) is 3.98. The summed E-state index contributed by atoms with van der Waals surface area (Å²) in [7, 11) is 0. The van der Waals surface area contributed by atoms with Crippen LogP contribution in [0.3, 0.4) is 0 Å². The molecule has 0 heterocycles. The fourth-order valence-corrected chi connectivity index (χ4v) is 1.16. The van der Waals surface area contributed by atoms with Gasteiger partial charge in [0.05, 0.1) is 18.8 Å². The predicted molar refractivity (Wildman–Crippen MR) is 54.2 cm³/mol. The topological polar surface area (TPSA) is 35.5 Å². The summed E-state index contributed by atoms with van der Waals surface area (Å²) in [6.45, 7) is 4.92. The first-order chi connectivity index (χ1) is 6.81. The van der Waals surface area contributed by atoms with Crippen molar-refractivity contribution in [1.29, 1.82) is 0 Å². The van der Waals surface area contributed by atoms with E-state index in [1.165, 1.54) is 0 Å². The molecular formula is C11H14O3. The fourth-order valence-electron chi connectivity index (χ4n) is 1.16. The summed E-state index contributed by atoms with van der Waals surface area (Å²) in [5.74, 6) is 1.30. The Morgan fingerprint density at radius 2 is 1.93 bits per heavy atom. The Morgan fingerprint density at radius 1 is 1.21 bits per heavy atom. The van der Waals surface area contributed by atoms with Crippen LogP contribution in [0.4, 0.5) is 0 Å². The monoisotopic (exact) mass is 194 g/mol. The van der Waals surface area contributed by atoms with Gasteiger partial charge in [-0.15, -0.1) is 0 Å². The van der Waals surface area contributed by atoms with E-state index in [0.29, 0.717) is 30.3 Å². The number of ether oxygens (including phenoxy) is 2. The van der Waals surface area contributed by atoms with Crippen molar-refractivity contribution >= 4 is 6.29 Å². The summed E-state index contributed by atoms with van der Waals surface area (Å²) in [6.07, 6.45) is 0.771. The first kappa shape index (κ1) is 10.6. The molecule has 0 aromatic heterocycles. The van der Waals surface area contributed by atoms with Crippen molar-refractivity contribution in [2.24, 2.45) is 0 Å². The Labute approximate surface area is 83.6 Å². The maximum absolute atomic E-state index is 10.7. The first-order valence-electron chi connectivity index (χ1n) is 4.66. The zero-order valence-corrected chi connectivity index (χ0v) is 8.45. The van der Waals surface area contributed by atoms with Crippen molar-refractivity contribution in [3.8, 4) is 11.5 Å². The fraction of sp³-hybridized carbons (Fsp3) is 0.364. The number of benzene rings is 1. The molecule has 0 aliphatic rings. The number of carbonyl (C=O) groups is 1. The van der Waals surface area contributed by atoms with Gasteiger partial charge in [0.1, 0.15) is 11.5 Å². The van der Waals surface area contributed by atoms with Crippen LogP contribution in [-0.4, -0.2) is 19.5 Å². The average Bonchev–Trinajstić information content (AvgIpc) is 2.21. The molecular weight excluding hydrogens is 180 g/mol. The number of aldehydes is 1. The normalized spacial score (nSPS) is 9.57. The van der Waals surface area contributed by atoms with Crippen molar-refractivity contribution in [3.05, 3.63) is 23.8 Å². The van der Waals surface area contributed by atoms with E-state index in [1.54, 1.807) is 18.2 Å². The van der Waals surface area contributed by atoms with Crippen LogP contribution in [-0.2, 0) is 0 Å². The van der Waals surface area contributed by atoms with Crippen molar-refractivity contribution in [1.82, 2.24) is 0 Å². The van der Waals surface area contributed by atoms with Gasteiger partial charge in [-0.25, -0.2) is 0 Å². The molecule has 14 heavy (non-hydrogen) atoms. The zero-order chi connectivity index (χ0) is 10.4. The maximum atomic E-state index is 10.7. The van der Waals surface area contributed by atoms with Gasteiger partial charge in [0.2, 0.25) is 0 Å².